The van der Waals surface area contributed by atoms with Gasteiger partial charge in [0.05, 0.1) is 0 Å². The number of hydrogen-bond acceptors (Lipinski definition) is 4. The van der Waals surface area contributed by atoms with E-state index in [-0.39, 0.29) is 11.2 Å². The van der Waals surface area contributed by atoms with Gasteiger partial charge in [0.2, 0.25) is 4.96 Å². The number of nitriles is 1. The van der Waals surface area contributed by atoms with Gasteiger partial charge in [-0.25, -0.2) is 9.37 Å². The zero-order valence-electron chi connectivity index (χ0n) is 11.9. The van der Waals surface area contributed by atoms with E-state index >= 15 is 0 Å². The molecule has 0 fully saturated rings. The second-order valence-electron chi connectivity index (χ2n) is 5.78. The van der Waals surface area contributed by atoms with Gasteiger partial charge in [-0.1, -0.05) is 32.1 Å². The molecule has 0 aliphatic carbocycles. The van der Waals surface area contributed by atoms with Crippen molar-refractivity contribution in [1.29, 1.82) is 5.26 Å². The molecule has 0 spiro atoms. The molecule has 0 N–H and O–H groups in total. The molecule has 0 bridgehead atoms. The van der Waals surface area contributed by atoms with Crippen molar-refractivity contribution in [1.82, 2.24) is 14.6 Å². The highest BCUT2D eigenvalue weighted by atomic mass is 32.1. The van der Waals surface area contributed by atoms with Crippen LogP contribution in [-0.2, 0) is 5.41 Å². The number of aromatic nitrogens is 3. The largest absolute Gasteiger partial charge is 0.216 e. The van der Waals surface area contributed by atoms with Gasteiger partial charge in [-0.05, 0) is 24.3 Å². The summed E-state index contributed by atoms with van der Waals surface area (Å²) >= 11 is 1.47. The van der Waals surface area contributed by atoms with Gasteiger partial charge < -0.3 is 0 Å². The smallest absolute Gasteiger partial charge is 0.214 e. The molecular weight excluding hydrogens is 287 g/mol. The summed E-state index contributed by atoms with van der Waals surface area (Å²) in [5.41, 5.74) is 1.54. The molecule has 4 nitrogen and oxygen atoms in total. The number of rotatable bonds is 1. The topological polar surface area (TPSA) is 54.0 Å². The normalized spacial score (nSPS) is 11.8. The summed E-state index contributed by atoms with van der Waals surface area (Å²) in [5.74, 6) is -0.313. The molecule has 0 aliphatic rings. The van der Waals surface area contributed by atoms with E-state index < -0.39 is 0 Å². The minimum absolute atomic E-state index is 0.0892. The third-order valence-electron chi connectivity index (χ3n) is 3.07. The predicted molar refractivity (Wildman–Crippen MR) is 79.7 cm³/mol. The zero-order chi connectivity index (χ0) is 15.2. The molecule has 0 aliphatic heterocycles. The summed E-state index contributed by atoms with van der Waals surface area (Å²) in [6.45, 7) is 6.20. The third-order valence-corrected chi connectivity index (χ3v) is 4.40. The van der Waals surface area contributed by atoms with Crippen molar-refractivity contribution >= 4 is 16.3 Å². The Hall–Kier alpha value is -2.26. The van der Waals surface area contributed by atoms with Crippen LogP contribution in [0, 0.1) is 17.1 Å². The van der Waals surface area contributed by atoms with Crippen molar-refractivity contribution in [2.75, 3.05) is 0 Å². The average Bonchev–Trinajstić information content (AvgIpc) is 2.96. The van der Waals surface area contributed by atoms with Crippen LogP contribution in [0.4, 0.5) is 4.39 Å². The maximum absolute atomic E-state index is 13.0. The molecule has 0 radical (unpaired) electrons. The van der Waals surface area contributed by atoms with Gasteiger partial charge in [0.1, 0.15) is 22.6 Å². The summed E-state index contributed by atoms with van der Waals surface area (Å²) in [5, 5.41) is 14.8. The highest BCUT2D eigenvalue weighted by Crippen LogP contribution is 2.31. The molecular formula is C15H13FN4S. The van der Waals surface area contributed by atoms with E-state index in [1.54, 1.807) is 16.6 Å². The lowest BCUT2D eigenvalue weighted by atomic mass is 9.98. The van der Waals surface area contributed by atoms with Gasteiger partial charge in [-0.2, -0.15) is 14.9 Å². The second kappa shape index (κ2) is 4.64. The first-order valence-electron chi connectivity index (χ1n) is 6.46. The Kier molecular flexibility index (Phi) is 3.03. The van der Waals surface area contributed by atoms with Crippen LogP contribution in [0.25, 0.3) is 16.2 Å². The van der Waals surface area contributed by atoms with E-state index in [0.29, 0.717) is 21.9 Å². The first-order chi connectivity index (χ1) is 9.90. The molecule has 1 aromatic carbocycles. The zero-order valence-corrected chi connectivity index (χ0v) is 12.7. The number of nitrogens with zero attached hydrogens (tertiary/aromatic N) is 4. The van der Waals surface area contributed by atoms with Gasteiger partial charge in [0, 0.05) is 11.0 Å². The van der Waals surface area contributed by atoms with Gasteiger partial charge >= 0.3 is 0 Å². The molecule has 3 aromatic rings. The molecule has 0 amide bonds. The Morgan fingerprint density at radius 1 is 1.24 bits per heavy atom. The van der Waals surface area contributed by atoms with E-state index in [9.17, 15) is 9.65 Å². The second-order valence-corrected chi connectivity index (χ2v) is 6.74. The summed E-state index contributed by atoms with van der Waals surface area (Å²) in [7, 11) is 0. The molecule has 21 heavy (non-hydrogen) atoms. The Morgan fingerprint density at radius 2 is 1.90 bits per heavy atom. The van der Waals surface area contributed by atoms with Crippen LogP contribution in [0.3, 0.4) is 0 Å². The summed E-state index contributed by atoms with van der Waals surface area (Å²) < 4.78 is 14.6. The number of halogens is 1. The number of fused-ring (bicyclic) bond motifs is 1. The van der Waals surface area contributed by atoms with Gasteiger partial charge in [0.15, 0.2) is 5.69 Å². The van der Waals surface area contributed by atoms with Crippen molar-refractivity contribution in [3.05, 3.63) is 40.8 Å². The molecule has 6 heteroatoms. The molecule has 2 aromatic heterocycles. The van der Waals surface area contributed by atoms with E-state index in [0.717, 1.165) is 5.01 Å². The first-order valence-corrected chi connectivity index (χ1v) is 7.28. The molecule has 0 atom stereocenters. The summed E-state index contributed by atoms with van der Waals surface area (Å²) in [4.78, 5) is 5.17. The van der Waals surface area contributed by atoms with Crippen LogP contribution < -0.4 is 0 Å². The van der Waals surface area contributed by atoms with Gasteiger partial charge in [-0.15, -0.1) is 0 Å². The molecule has 3 rings (SSSR count). The van der Waals surface area contributed by atoms with Crippen LogP contribution in [-0.4, -0.2) is 14.6 Å². The van der Waals surface area contributed by atoms with Crippen molar-refractivity contribution in [3.8, 4) is 17.3 Å². The SMILES string of the molecule is CC(C)(C)c1nn2c(C#N)c(-c3ccc(F)cc3)nc2s1. The Morgan fingerprint density at radius 3 is 2.48 bits per heavy atom. The third kappa shape index (κ3) is 2.30. The van der Waals surface area contributed by atoms with E-state index in [1.807, 2.05) is 0 Å². The highest BCUT2D eigenvalue weighted by molar-refractivity contribution is 7.16. The van der Waals surface area contributed by atoms with Gasteiger partial charge in [0.25, 0.3) is 0 Å². The first kappa shape index (κ1) is 13.7. The molecule has 0 unspecified atom stereocenters. The Labute approximate surface area is 125 Å². The van der Waals surface area contributed by atoms with Gasteiger partial charge in [-0.3, -0.25) is 0 Å². The Bertz CT molecular complexity index is 847. The molecule has 106 valence electrons. The fourth-order valence-corrected chi connectivity index (χ4v) is 2.92. The lowest BCUT2D eigenvalue weighted by Crippen LogP contribution is -2.11. The number of benzene rings is 1. The fourth-order valence-electron chi connectivity index (χ4n) is 1.96. The fraction of sp³-hybridized carbons (Fsp3) is 0.267. The van der Waals surface area contributed by atoms with Crippen molar-refractivity contribution < 1.29 is 4.39 Å². The van der Waals surface area contributed by atoms with Crippen molar-refractivity contribution in [2.24, 2.45) is 0 Å². The monoisotopic (exact) mass is 300 g/mol. The molecule has 2 heterocycles. The summed E-state index contributed by atoms with van der Waals surface area (Å²) in [6, 6.07) is 8.10. The number of imidazole rings is 1. The molecule has 0 saturated carbocycles. The van der Waals surface area contributed by atoms with Crippen molar-refractivity contribution in [3.63, 3.8) is 0 Å². The lowest BCUT2D eigenvalue weighted by molar-refractivity contribution is 0.573. The van der Waals surface area contributed by atoms with Crippen LogP contribution >= 0.6 is 11.3 Å². The van der Waals surface area contributed by atoms with Crippen LogP contribution in [0.5, 0.6) is 0 Å². The van der Waals surface area contributed by atoms with Crippen molar-refractivity contribution in [2.45, 2.75) is 26.2 Å². The van der Waals surface area contributed by atoms with Crippen LogP contribution in [0.2, 0.25) is 0 Å². The standard InChI is InChI=1S/C15H13FN4S/c1-15(2,3)13-19-20-11(8-17)12(18-14(20)21-13)9-4-6-10(16)7-5-9/h4-7H,1-3H3. The predicted octanol–water partition coefficient (Wildman–Crippen LogP) is 3.77. The van der Waals surface area contributed by atoms with E-state index in [4.69, 9.17) is 0 Å². The van der Waals surface area contributed by atoms with Crippen LogP contribution in [0.1, 0.15) is 31.5 Å². The highest BCUT2D eigenvalue weighted by Gasteiger charge is 2.23. The minimum Gasteiger partial charge on any atom is -0.216 e. The maximum Gasteiger partial charge on any atom is 0.214 e. The summed E-state index contributed by atoms with van der Waals surface area (Å²) in [6.07, 6.45) is 0. The van der Waals surface area contributed by atoms with E-state index in [2.05, 4.69) is 36.9 Å². The maximum atomic E-state index is 13.0. The van der Waals surface area contributed by atoms with E-state index in [1.165, 1.54) is 23.5 Å². The lowest BCUT2D eigenvalue weighted by Gasteiger charge is -2.12. The molecule has 0 saturated heterocycles. The minimum atomic E-state index is -0.313. The average molecular weight is 300 g/mol. The number of hydrogen-bond donors (Lipinski definition) is 0. The van der Waals surface area contributed by atoms with Crippen LogP contribution in [0.15, 0.2) is 24.3 Å². The Balaban J connectivity index is 2.20. The quantitative estimate of drug-likeness (QED) is 0.687.